The van der Waals surface area contributed by atoms with Gasteiger partial charge in [0.1, 0.15) is 5.75 Å². The van der Waals surface area contributed by atoms with Crippen LogP contribution in [0.15, 0.2) is 12.1 Å². The number of hydrogen-bond donors (Lipinski definition) is 1. The molecule has 0 saturated carbocycles. The Labute approximate surface area is 105 Å². The number of hydrogen-bond acceptors (Lipinski definition) is 2. The second-order valence-electron chi connectivity index (χ2n) is 4.71. The molecule has 0 aromatic heterocycles. The van der Waals surface area contributed by atoms with Crippen molar-refractivity contribution in [3.05, 3.63) is 28.8 Å². The molecule has 0 amide bonds. The molecule has 0 fully saturated rings. The van der Waals surface area contributed by atoms with Gasteiger partial charge in [-0.1, -0.05) is 13.0 Å². The van der Waals surface area contributed by atoms with Crippen LogP contribution in [0.2, 0.25) is 0 Å². The van der Waals surface area contributed by atoms with Crippen LogP contribution in [0.5, 0.6) is 5.75 Å². The van der Waals surface area contributed by atoms with Gasteiger partial charge in [0.25, 0.3) is 0 Å². The first kappa shape index (κ1) is 14.0. The van der Waals surface area contributed by atoms with Crippen molar-refractivity contribution in [1.29, 1.82) is 0 Å². The van der Waals surface area contributed by atoms with Crippen LogP contribution in [0, 0.1) is 13.8 Å². The van der Waals surface area contributed by atoms with Gasteiger partial charge in [-0.3, -0.25) is 0 Å². The molecular weight excluding hydrogens is 210 g/mol. The third kappa shape index (κ3) is 3.47. The van der Waals surface area contributed by atoms with Crippen LogP contribution in [0.4, 0.5) is 0 Å². The van der Waals surface area contributed by atoms with Gasteiger partial charge in [-0.15, -0.1) is 0 Å². The number of nitrogens with two attached hydrogens (primary N) is 1. The minimum atomic E-state index is 0.628. The smallest absolute Gasteiger partial charge is 0.122 e. The standard InChI is InChI=1S/C15H25NO/c1-5-13(7-6-8-16)14-9-12(3)15(17-4)10-11(14)2/h9-10,13H,5-8,16H2,1-4H3. The Morgan fingerprint density at radius 1 is 1.24 bits per heavy atom. The second-order valence-corrected chi connectivity index (χ2v) is 4.71. The highest BCUT2D eigenvalue weighted by atomic mass is 16.5. The molecule has 2 heteroatoms. The normalized spacial score (nSPS) is 12.5. The van der Waals surface area contributed by atoms with E-state index in [1.165, 1.54) is 29.5 Å². The molecule has 1 aromatic carbocycles. The summed E-state index contributed by atoms with van der Waals surface area (Å²) in [6.45, 7) is 7.31. The maximum Gasteiger partial charge on any atom is 0.122 e. The lowest BCUT2D eigenvalue weighted by Gasteiger charge is -2.19. The van der Waals surface area contributed by atoms with E-state index < -0.39 is 0 Å². The van der Waals surface area contributed by atoms with Crippen molar-refractivity contribution in [1.82, 2.24) is 0 Å². The highest BCUT2D eigenvalue weighted by Gasteiger charge is 2.13. The van der Waals surface area contributed by atoms with E-state index in [0.717, 1.165) is 18.7 Å². The van der Waals surface area contributed by atoms with E-state index in [4.69, 9.17) is 10.5 Å². The molecular formula is C15H25NO. The Morgan fingerprint density at radius 2 is 1.94 bits per heavy atom. The molecule has 2 N–H and O–H groups in total. The van der Waals surface area contributed by atoms with Crippen molar-refractivity contribution in [3.63, 3.8) is 0 Å². The zero-order chi connectivity index (χ0) is 12.8. The van der Waals surface area contributed by atoms with E-state index in [1.807, 2.05) is 0 Å². The van der Waals surface area contributed by atoms with Crippen molar-refractivity contribution in [3.8, 4) is 5.75 Å². The third-order valence-electron chi connectivity index (χ3n) is 3.47. The van der Waals surface area contributed by atoms with Crippen molar-refractivity contribution in [2.45, 2.75) is 46.0 Å². The van der Waals surface area contributed by atoms with Crippen LogP contribution in [0.25, 0.3) is 0 Å². The molecule has 1 aromatic rings. The summed E-state index contributed by atoms with van der Waals surface area (Å²) in [5.74, 6) is 1.61. The van der Waals surface area contributed by atoms with Crippen molar-refractivity contribution >= 4 is 0 Å². The fourth-order valence-electron chi connectivity index (χ4n) is 2.42. The Hall–Kier alpha value is -1.02. The van der Waals surface area contributed by atoms with Gasteiger partial charge in [-0.2, -0.15) is 0 Å². The Kier molecular flexibility index (Phi) is 5.49. The summed E-state index contributed by atoms with van der Waals surface area (Å²) in [5, 5.41) is 0. The molecule has 96 valence electrons. The van der Waals surface area contributed by atoms with Gasteiger partial charge in [0.15, 0.2) is 0 Å². The summed E-state index contributed by atoms with van der Waals surface area (Å²) < 4.78 is 5.36. The minimum Gasteiger partial charge on any atom is -0.496 e. The van der Waals surface area contributed by atoms with Gasteiger partial charge in [0.05, 0.1) is 7.11 Å². The van der Waals surface area contributed by atoms with E-state index in [-0.39, 0.29) is 0 Å². The van der Waals surface area contributed by atoms with Crippen LogP contribution in [-0.4, -0.2) is 13.7 Å². The predicted molar refractivity (Wildman–Crippen MR) is 73.8 cm³/mol. The summed E-state index contributed by atoms with van der Waals surface area (Å²) in [7, 11) is 1.73. The fraction of sp³-hybridized carbons (Fsp3) is 0.600. The summed E-state index contributed by atoms with van der Waals surface area (Å²) >= 11 is 0. The number of ether oxygens (including phenoxy) is 1. The summed E-state index contributed by atoms with van der Waals surface area (Å²) in [5.41, 5.74) is 9.61. The largest absolute Gasteiger partial charge is 0.496 e. The SMILES string of the molecule is CCC(CCCN)c1cc(C)c(OC)cc1C. The maximum absolute atomic E-state index is 5.60. The van der Waals surface area contributed by atoms with Crippen molar-refractivity contribution in [2.75, 3.05) is 13.7 Å². The Bertz CT molecular complexity index is 360. The van der Waals surface area contributed by atoms with Crippen molar-refractivity contribution < 1.29 is 4.74 Å². The van der Waals surface area contributed by atoms with Crippen molar-refractivity contribution in [2.24, 2.45) is 5.73 Å². The van der Waals surface area contributed by atoms with Crippen LogP contribution >= 0.6 is 0 Å². The molecule has 17 heavy (non-hydrogen) atoms. The molecule has 0 aliphatic rings. The van der Waals surface area contributed by atoms with E-state index in [2.05, 4.69) is 32.9 Å². The average Bonchev–Trinajstić information content (AvgIpc) is 2.33. The molecule has 0 saturated heterocycles. The molecule has 0 heterocycles. The van der Waals surface area contributed by atoms with Gasteiger partial charge in [-0.25, -0.2) is 0 Å². The lowest BCUT2D eigenvalue weighted by Crippen LogP contribution is -2.06. The van der Waals surface area contributed by atoms with E-state index in [9.17, 15) is 0 Å². The topological polar surface area (TPSA) is 35.2 Å². The lowest BCUT2D eigenvalue weighted by molar-refractivity contribution is 0.411. The molecule has 1 unspecified atom stereocenters. The zero-order valence-corrected chi connectivity index (χ0v) is 11.5. The number of aryl methyl sites for hydroxylation is 2. The van der Waals surface area contributed by atoms with E-state index in [1.54, 1.807) is 7.11 Å². The lowest BCUT2D eigenvalue weighted by atomic mass is 9.87. The molecule has 2 nitrogen and oxygen atoms in total. The molecule has 0 bridgehead atoms. The number of methoxy groups -OCH3 is 1. The van der Waals surface area contributed by atoms with E-state index >= 15 is 0 Å². The van der Waals surface area contributed by atoms with E-state index in [0.29, 0.717) is 5.92 Å². The van der Waals surface area contributed by atoms with Gasteiger partial charge in [0, 0.05) is 0 Å². The Morgan fingerprint density at radius 3 is 2.47 bits per heavy atom. The van der Waals surface area contributed by atoms with Crippen LogP contribution < -0.4 is 10.5 Å². The second kappa shape index (κ2) is 6.65. The molecule has 1 rings (SSSR count). The molecule has 0 spiro atoms. The minimum absolute atomic E-state index is 0.628. The van der Waals surface area contributed by atoms with Gasteiger partial charge < -0.3 is 10.5 Å². The quantitative estimate of drug-likeness (QED) is 0.818. The average molecular weight is 235 g/mol. The van der Waals surface area contributed by atoms with Gasteiger partial charge >= 0.3 is 0 Å². The fourth-order valence-corrected chi connectivity index (χ4v) is 2.42. The van der Waals surface area contributed by atoms with Gasteiger partial charge in [-0.05, 0) is 68.3 Å². The maximum atomic E-state index is 5.60. The molecule has 1 atom stereocenters. The van der Waals surface area contributed by atoms with Crippen LogP contribution in [-0.2, 0) is 0 Å². The number of rotatable bonds is 6. The first-order valence-electron chi connectivity index (χ1n) is 6.49. The molecule has 0 aliphatic heterocycles. The molecule has 0 radical (unpaired) electrons. The first-order chi connectivity index (χ1) is 8.13. The van der Waals surface area contributed by atoms with Crippen LogP contribution in [0.1, 0.15) is 48.8 Å². The number of benzene rings is 1. The molecule has 0 aliphatic carbocycles. The monoisotopic (exact) mass is 235 g/mol. The highest BCUT2D eigenvalue weighted by Crippen LogP contribution is 2.31. The summed E-state index contributed by atoms with van der Waals surface area (Å²) in [6, 6.07) is 4.43. The van der Waals surface area contributed by atoms with Gasteiger partial charge in [0.2, 0.25) is 0 Å². The highest BCUT2D eigenvalue weighted by molar-refractivity contribution is 5.43. The summed E-state index contributed by atoms with van der Waals surface area (Å²) in [6.07, 6.45) is 3.45. The van der Waals surface area contributed by atoms with Crippen LogP contribution in [0.3, 0.4) is 0 Å². The zero-order valence-electron chi connectivity index (χ0n) is 11.5. The predicted octanol–water partition coefficient (Wildman–Crippen LogP) is 3.54. The summed E-state index contributed by atoms with van der Waals surface area (Å²) in [4.78, 5) is 0. The first-order valence-corrected chi connectivity index (χ1v) is 6.49. The Balaban J connectivity index is 2.99. The third-order valence-corrected chi connectivity index (χ3v) is 3.47.